The summed E-state index contributed by atoms with van der Waals surface area (Å²) >= 11 is 0. The Kier molecular flexibility index (Phi) is 10.8. The number of ether oxygens (including phenoxy) is 2. The quantitative estimate of drug-likeness (QED) is 0.446. The predicted molar refractivity (Wildman–Crippen MR) is 89.3 cm³/mol. The van der Waals surface area contributed by atoms with E-state index in [9.17, 15) is 0 Å². The molecule has 0 atom stereocenters. The minimum absolute atomic E-state index is 0.786. The molecular formula is C18H33NO2. The standard InChI is InChI=1S/C18H33NO2/c1-3-5-7-9-11-13-20-17-15-19-16-18(17)21-14-12-10-8-6-4-2/h15-16,19H,3-14H2,1-2H3. The van der Waals surface area contributed by atoms with Gasteiger partial charge in [-0.25, -0.2) is 0 Å². The second-order valence-electron chi connectivity index (χ2n) is 5.71. The molecular weight excluding hydrogens is 262 g/mol. The summed E-state index contributed by atoms with van der Waals surface area (Å²) in [5.41, 5.74) is 0. The fourth-order valence-corrected chi connectivity index (χ4v) is 2.34. The topological polar surface area (TPSA) is 34.2 Å². The largest absolute Gasteiger partial charge is 0.488 e. The van der Waals surface area contributed by atoms with Gasteiger partial charge in [0.1, 0.15) is 0 Å². The maximum atomic E-state index is 5.80. The van der Waals surface area contributed by atoms with E-state index in [1.807, 2.05) is 12.4 Å². The van der Waals surface area contributed by atoms with Gasteiger partial charge in [0, 0.05) is 12.4 Å². The van der Waals surface area contributed by atoms with Crippen LogP contribution in [0, 0.1) is 0 Å². The minimum atomic E-state index is 0.786. The van der Waals surface area contributed by atoms with Gasteiger partial charge < -0.3 is 14.5 Å². The predicted octanol–water partition coefficient (Wildman–Crippen LogP) is 5.71. The van der Waals surface area contributed by atoms with Crippen molar-refractivity contribution in [1.82, 2.24) is 4.98 Å². The number of nitrogens with one attached hydrogen (secondary N) is 1. The highest BCUT2D eigenvalue weighted by Gasteiger charge is 2.05. The van der Waals surface area contributed by atoms with Crippen LogP contribution in [-0.2, 0) is 0 Å². The monoisotopic (exact) mass is 295 g/mol. The minimum Gasteiger partial charge on any atom is -0.488 e. The van der Waals surface area contributed by atoms with Gasteiger partial charge in [0.15, 0.2) is 11.5 Å². The maximum Gasteiger partial charge on any atom is 0.178 e. The molecule has 1 heterocycles. The number of hydrogen-bond acceptors (Lipinski definition) is 2. The third-order valence-electron chi connectivity index (χ3n) is 3.68. The molecule has 3 heteroatoms. The van der Waals surface area contributed by atoms with Crippen molar-refractivity contribution < 1.29 is 9.47 Å². The molecule has 0 bridgehead atoms. The van der Waals surface area contributed by atoms with Crippen LogP contribution < -0.4 is 9.47 Å². The van der Waals surface area contributed by atoms with Crippen LogP contribution >= 0.6 is 0 Å². The molecule has 0 aliphatic rings. The molecule has 0 amide bonds. The first kappa shape index (κ1) is 17.9. The molecule has 0 unspecified atom stereocenters. The number of H-pyrrole nitrogens is 1. The summed E-state index contributed by atoms with van der Waals surface area (Å²) in [5, 5.41) is 0. The lowest BCUT2D eigenvalue weighted by molar-refractivity contribution is 0.260. The lowest BCUT2D eigenvalue weighted by atomic mass is 10.2. The van der Waals surface area contributed by atoms with Gasteiger partial charge in [-0.1, -0.05) is 65.2 Å². The van der Waals surface area contributed by atoms with E-state index in [1.54, 1.807) is 0 Å². The van der Waals surface area contributed by atoms with E-state index in [-0.39, 0.29) is 0 Å². The normalized spacial score (nSPS) is 10.8. The molecule has 1 aromatic heterocycles. The summed E-state index contributed by atoms with van der Waals surface area (Å²) in [6.07, 6.45) is 16.4. The average Bonchev–Trinajstić information content (AvgIpc) is 2.94. The Morgan fingerprint density at radius 1 is 0.667 bits per heavy atom. The highest BCUT2D eigenvalue weighted by molar-refractivity contribution is 5.36. The highest BCUT2D eigenvalue weighted by atomic mass is 16.5. The van der Waals surface area contributed by atoms with Crippen LogP contribution in [0.5, 0.6) is 11.5 Å². The van der Waals surface area contributed by atoms with Gasteiger partial charge in [-0.2, -0.15) is 0 Å². The van der Waals surface area contributed by atoms with E-state index >= 15 is 0 Å². The third kappa shape index (κ3) is 8.69. The summed E-state index contributed by atoms with van der Waals surface area (Å²) < 4.78 is 11.6. The Labute approximate surface area is 130 Å². The van der Waals surface area contributed by atoms with Crippen LogP contribution in [0.2, 0.25) is 0 Å². The van der Waals surface area contributed by atoms with E-state index in [0.717, 1.165) is 37.6 Å². The van der Waals surface area contributed by atoms with E-state index in [4.69, 9.17) is 9.47 Å². The van der Waals surface area contributed by atoms with E-state index < -0.39 is 0 Å². The summed E-state index contributed by atoms with van der Waals surface area (Å²) in [4.78, 5) is 3.07. The van der Waals surface area contributed by atoms with Gasteiger partial charge in [-0.3, -0.25) is 0 Å². The van der Waals surface area contributed by atoms with Gasteiger partial charge in [-0.15, -0.1) is 0 Å². The van der Waals surface area contributed by atoms with Gasteiger partial charge in [0.05, 0.1) is 13.2 Å². The number of unbranched alkanes of at least 4 members (excludes halogenated alkanes) is 8. The second kappa shape index (κ2) is 12.6. The van der Waals surface area contributed by atoms with Crippen molar-refractivity contribution in [3.8, 4) is 11.5 Å². The Bertz CT molecular complexity index is 305. The highest BCUT2D eigenvalue weighted by Crippen LogP contribution is 2.26. The van der Waals surface area contributed by atoms with Crippen molar-refractivity contribution in [2.45, 2.75) is 78.1 Å². The van der Waals surface area contributed by atoms with Crippen molar-refractivity contribution in [2.24, 2.45) is 0 Å². The molecule has 1 aromatic rings. The molecule has 0 saturated carbocycles. The molecule has 1 rings (SSSR count). The van der Waals surface area contributed by atoms with E-state index in [2.05, 4.69) is 18.8 Å². The first-order valence-electron chi connectivity index (χ1n) is 8.80. The molecule has 0 spiro atoms. The lowest BCUT2D eigenvalue weighted by Gasteiger charge is -2.09. The van der Waals surface area contributed by atoms with Crippen LogP contribution in [0.15, 0.2) is 12.4 Å². The first-order valence-corrected chi connectivity index (χ1v) is 8.80. The van der Waals surface area contributed by atoms with Crippen molar-refractivity contribution in [1.29, 1.82) is 0 Å². The Balaban J connectivity index is 2.09. The molecule has 0 aliphatic carbocycles. The van der Waals surface area contributed by atoms with Gasteiger partial charge in [-0.05, 0) is 12.8 Å². The average molecular weight is 295 g/mol. The SMILES string of the molecule is CCCCCCCOc1c[nH]cc1OCCCCCCC. The fraction of sp³-hybridized carbons (Fsp3) is 0.778. The van der Waals surface area contributed by atoms with Crippen LogP contribution in [0.25, 0.3) is 0 Å². The Morgan fingerprint density at radius 2 is 1.10 bits per heavy atom. The van der Waals surface area contributed by atoms with Crippen LogP contribution in [0.3, 0.4) is 0 Å². The van der Waals surface area contributed by atoms with Gasteiger partial charge in [0.25, 0.3) is 0 Å². The van der Waals surface area contributed by atoms with Crippen LogP contribution in [0.4, 0.5) is 0 Å². The zero-order chi connectivity index (χ0) is 15.2. The van der Waals surface area contributed by atoms with Crippen molar-refractivity contribution in [3.05, 3.63) is 12.4 Å². The molecule has 122 valence electrons. The van der Waals surface area contributed by atoms with Crippen molar-refractivity contribution in [2.75, 3.05) is 13.2 Å². The number of aromatic nitrogens is 1. The summed E-state index contributed by atoms with van der Waals surface area (Å²) in [5.74, 6) is 1.72. The first-order chi connectivity index (χ1) is 10.4. The second-order valence-corrected chi connectivity index (χ2v) is 5.71. The zero-order valence-corrected chi connectivity index (χ0v) is 14.0. The number of hydrogen-bond donors (Lipinski definition) is 1. The third-order valence-corrected chi connectivity index (χ3v) is 3.68. The Hall–Kier alpha value is -1.12. The molecule has 0 radical (unpaired) electrons. The molecule has 0 saturated heterocycles. The number of rotatable bonds is 14. The van der Waals surface area contributed by atoms with Gasteiger partial charge >= 0.3 is 0 Å². The molecule has 21 heavy (non-hydrogen) atoms. The van der Waals surface area contributed by atoms with Crippen molar-refractivity contribution >= 4 is 0 Å². The smallest absolute Gasteiger partial charge is 0.178 e. The molecule has 0 aromatic carbocycles. The van der Waals surface area contributed by atoms with Crippen molar-refractivity contribution in [3.63, 3.8) is 0 Å². The molecule has 3 nitrogen and oxygen atoms in total. The summed E-state index contributed by atoms with van der Waals surface area (Å²) in [7, 11) is 0. The molecule has 0 fully saturated rings. The maximum absolute atomic E-state index is 5.80. The van der Waals surface area contributed by atoms with E-state index in [1.165, 1.54) is 51.4 Å². The molecule has 1 N–H and O–H groups in total. The molecule has 0 aliphatic heterocycles. The Morgan fingerprint density at radius 3 is 1.52 bits per heavy atom. The van der Waals surface area contributed by atoms with Crippen LogP contribution in [0.1, 0.15) is 78.1 Å². The lowest BCUT2D eigenvalue weighted by Crippen LogP contribution is -2.01. The zero-order valence-electron chi connectivity index (χ0n) is 14.0. The van der Waals surface area contributed by atoms with Crippen LogP contribution in [-0.4, -0.2) is 18.2 Å². The summed E-state index contributed by atoms with van der Waals surface area (Å²) in [6, 6.07) is 0. The van der Waals surface area contributed by atoms with Gasteiger partial charge in [0.2, 0.25) is 0 Å². The van der Waals surface area contributed by atoms with E-state index in [0.29, 0.717) is 0 Å². The summed E-state index contributed by atoms with van der Waals surface area (Å²) in [6.45, 7) is 6.05. The fourth-order valence-electron chi connectivity index (χ4n) is 2.34. The number of aromatic amines is 1.